The third kappa shape index (κ3) is 3.80. The molecule has 28 heavy (non-hydrogen) atoms. The monoisotopic (exact) mass is 405 g/mol. The van der Waals surface area contributed by atoms with Gasteiger partial charge in [0.05, 0.1) is 10.5 Å². The van der Waals surface area contributed by atoms with E-state index in [2.05, 4.69) is 5.43 Å². The standard InChI is InChI=1S/C19H17F2N3O3S/c1-12-10-16(13(2)24(12)14-6-4-3-5-7-14)19(25)22-23-28(26,27)15-8-9-17(20)18(21)11-15/h3-11,23H,1-2H3,(H,22,25). The average Bonchev–Trinajstić information content (AvgIpc) is 2.97. The topological polar surface area (TPSA) is 80.2 Å². The number of nitrogens with zero attached hydrogens (tertiary/aromatic N) is 1. The lowest BCUT2D eigenvalue weighted by molar-refractivity contribution is 0.0944. The number of carbonyl (C=O) groups is 1. The first kappa shape index (κ1) is 19.7. The molecule has 6 nitrogen and oxygen atoms in total. The summed E-state index contributed by atoms with van der Waals surface area (Å²) in [5, 5.41) is 0. The van der Waals surface area contributed by atoms with E-state index in [0.717, 1.165) is 17.4 Å². The fourth-order valence-corrected chi connectivity index (χ4v) is 3.70. The number of hydrogen-bond acceptors (Lipinski definition) is 3. The third-order valence-corrected chi connectivity index (χ3v) is 5.44. The number of para-hydroxylation sites is 1. The Morgan fingerprint density at radius 2 is 1.64 bits per heavy atom. The molecule has 2 aromatic carbocycles. The molecule has 0 aliphatic heterocycles. The number of benzene rings is 2. The second-order valence-corrected chi connectivity index (χ2v) is 7.77. The van der Waals surface area contributed by atoms with E-state index in [-0.39, 0.29) is 5.56 Å². The van der Waals surface area contributed by atoms with Gasteiger partial charge in [0.25, 0.3) is 15.9 Å². The molecule has 1 heterocycles. The minimum Gasteiger partial charge on any atom is -0.318 e. The first-order valence-corrected chi connectivity index (χ1v) is 9.70. The van der Waals surface area contributed by atoms with E-state index in [1.54, 1.807) is 13.0 Å². The molecule has 1 amide bonds. The Morgan fingerprint density at radius 1 is 0.964 bits per heavy atom. The van der Waals surface area contributed by atoms with E-state index in [1.165, 1.54) is 0 Å². The van der Waals surface area contributed by atoms with E-state index in [1.807, 2.05) is 46.7 Å². The van der Waals surface area contributed by atoms with Crippen LogP contribution < -0.4 is 10.3 Å². The van der Waals surface area contributed by atoms with Gasteiger partial charge < -0.3 is 4.57 Å². The second kappa shape index (κ2) is 7.53. The molecular weight excluding hydrogens is 388 g/mol. The summed E-state index contributed by atoms with van der Waals surface area (Å²) in [5.74, 6) is -3.15. The van der Waals surface area contributed by atoms with Crippen LogP contribution in [0.3, 0.4) is 0 Å². The van der Waals surface area contributed by atoms with Crippen molar-refractivity contribution >= 4 is 15.9 Å². The number of sulfonamides is 1. The largest absolute Gasteiger partial charge is 0.318 e. The fourth-order valence-electron chi connectivity index (χ4n) is 2.85. The van der Waals surface area contributed by atoms with Crippen molar-refractivity contribution in [1.82, 2.24) is 14.8 Å². The number of carbonyl (C=O) groups excluding carboxylic acids is 1. The van der Waals surface area contributed by atoms with E-state index in [4.69, 9.17) is 0 Å². The minimum absolute atomic E-state index is 0.273. The van der Waals surface area contributed by atoms with Crippen LogP contribution in [0.2, 0.25) is 0 Å². The normalized spacial score (nSPS) is 11.4. The van der Waals surface area contributed by atoms with Crippen LogP contribution in [0.4, 0.5) is 8.78 Å². The number of halogens is 2. The first-order chi connectivity index (χ1) is 13.2. The molecule has 146 valence electrons. The van der Waals surface area contributed by atoms with Crippen molar-refractivity contribution in [2.24, 2.45) is 0 Å². The first-order valence-electron chi connectivity index (χ1n) is 8.22. The molecule has 0 saturated carbocycles. The van der Waals surface area contributed by atoms with Crippen LogP contribution in [0.15, 0.2) is 59.5 Å². The highest BCUT2D eigenvalue weighted by Gasteiger charge is 2.20. The molecule has 0 bridgehead atoms. The molecule has 0 spiro atoms. The van der Waals surface area contributed by atoms with E-state index in [0.29, 0.717) is 17.8 Å². The molecule has 0 unspecified atom stereocenters. The van der Waals surface area contributed by atoms with Crippen molar-refractivity contribution in [3.63, 3.8) is 0 Å². The predicted octanol–water partition coefficient (Wildman–Crippen LogP) is 3.00. The molecule has 1 aromatic heterocycles. The van der Waals surface area contributed by atoms with Crippen LogP contribution >= 0.6 is 0 Å². The molecular formula is C19H17F2N3O3S. The molecule has 0 radical (unpaired) electrons. The van der Waals surface area contributed by atoms with Gasteiger partial charge in [-0.3, -0.25) is 10.2 Å². The molecule has 2 N–H and O–H groups in total. The summed E-state index contributed by atoms with van der Waals surface area (Å²) in [6.07, 6.45) is 0. The summed E-state index contributed by atoms with van der Waals surface area (Å²) >= 11 is 0. The molecule has 0 saturated heterocycles. The zero-order valence-corrected chi connectivity index (χ0v) is 15.8. The summed E-state index contributed by atoms with van der Waals surface area (Å²) in [7, 11) is -4.27. The summed E-state index contributed by atoms with van der Waals surface area (Å²) in [6, 6.07) is 13.1. The average molecular weight is 405 g/mol. The van der Waals surface area contributed by atoms with E-state index < -0.39 is 32.5 Å². The van der Waals surface area contributed by atoms with Crippen LogP contribution in [-0.4, -0.2) is 18.9 Å². The Balaban J connectivity index is 1.81. The van der Waals surface area contributed by atoms with Gasteiger partial charge in [0.15, 0.2) is 11.6 Å². The fraction of sp³-hybridized carbons (Fsp3) is 0.105. The van der Waals surface area contributed by atoms with Crippen molar-refractivity contribution in [1.29, 1.82) is 0 Å². The van der Waals surface area contributed by atoms with Gasteiger partial charge in [-0.25, -0.2) is 17.2 Å². The lowest BCUT2D eigenvalue weighted by Crippen LogP contribution is -2.41. The summed E-state index contributed by atoms with van der Waals surface area (Å²) < 4.78 is 52.5. The van der Waals surface area contributed by atoms with E-state index >= 15 is 0 Å². The van der Waals surface area contributed by atoms with Gasteiger partial charge >= 0.3 is 0 Å². The Kier molecular flexibility index (Phi) is 5.30. The van der Waals surface area contributed by atoms with Crippen molar-refractivity contribution in [2.75, 3.05) is 0 Å². The number of hydrazine groups is 1. The molecule has 0 atom stereocenters. The van der Waals surface area contributed by atoms with Gasteiger partial charge in [-0.05, 0) is 50.2 Å². The van der Waals surface area contributed by atoms with Crippen LogP contribution in [0.1, 0.15) is 21.7 Å². The molecule has 3 rings (SSSR count). The molecule has 0 aliphatic rings. The number of amides is 1. The van der Waals surface area contributed by atoms with Crippen LogP contribution in [-0.2, 0) is 10.0 Å². The summed E-state index contributed by atoms with van der Waals surface area (Å²) in [6.45, 7) is 3.56. The maximum atomic E-state index is 13.3. The molecule has 0 fully saturated rings. The summed E-state index contributed by atoms with van der Waals surface area (Å²) in [5.41, 5.74) is 4.64. The van der Waals surface area contributed by atoms with Gasteiger partial charge in [0.2, 0.25) is 0 Å². The number of aromatic nitrogens is 1. The number of rotatable bonds is 5. The Hall–Kier alpha value is -3.04. The van der Waals surface area contributed by atoms with Crippen molar-refractivity contribution in [3.05, 3.63) is 83.2 Å². The van der Waals surface area contributed by atoms with Crippen molar-refractivity contribution in [3.8, 4) is 5.69 Å². The van der Waals surface area contributed by atoms with E-state index in [9.17, 15) is 22.0 Å². The molecule has 3 aromatic rings. The molecule has 9 heteroatoms. The lowest BCUT2D eigenvalue weighted by atomic mass is 10.2. The zero-order valence-electron chi connectivity index (χ0n) is 15.0. The van der Waals surface area contributed by atoms with Gasteiger partial charge in [-0.2, -0.15) is 0 Å². The Morgan fingerprint density at radius 3 is 2.29 bits per heavy atom. The second-order valence-electron chi connectivity index (χ2n) is 6.09. The lowest BCUT2D eigenvalue weighted by Gasteiger charge is -2.11. The summed E-state index contributed by atoms with van der Waals surface area (Å²) in [4.78, 5) is 13.9. The zero-order chi connectivity index (χ0) is 20.5. The quantitative estimate of drug-likeness (QED) is 0.641. The maximum Gasteiger partial charge on any atom is 0.268 e. The van der Waals surface area contributed by atoms with Gasteiger partial charge in [0, 0.05) is 17.1 Å². The molecule has 0 aliphatic carbocycles. The number of hydrogen-bond donors (Lipinski definition) is 2. The third-order valence-electron chi connectivity index (χ3n) is 4.19. The van der Waals surface area contributed by atoms with Gasteiger partial charge in [-0.15, -0.1) is 4.83 Å². The van der Waals surface area contributed by atoms with Crippen molar-refractivity contribution < 1.29 is 22.0 Å². The van der Waals surface area contributed by atoms with Crippen LogP contribution in [0.5, 0.6) is 0 Å². The SMILES string of the molecule is Cc1cc(C(=O)NNS(=O)(=O)c2ccc(F)c(F)c2)c(C)n1-c1ccccc1. The van der Waals surface area contributed by atoms with Gasteiger partial charge in [-0.1, -0.05) is 18.2 Å². The number of nitrogens with one attached hydrogen (secondary N) is 2. The Labute approximate surface area is 160 Å². The highest BCUT2D eigenvalue weighted by Crippen LogP contribution is 2.20. The highest BCUT2D eigenvalue weighted by atomic mass is 32.2. The van der Waals surface area contributed by atoms with Crippen LogP contribution in [0, 0.1) is 25.5 Å². The minimum atomic E-state index is -4.27. The Bertz CT molecular complexity index is 1140. The van der Waals surface area contributed by atoms with Gasteiger partial charge in [0.1, 0.15) is 0 Å². The number of aryl methyl sites for hydroxylation is 1. The maximum absolute atomic E-state index is 13.3. The van der Waals surface area contributed by atoms with Crippen molar-refractivity contribution in [2.45, 2.75) is 18.7 Å². The van der Waals surface area contributed by atoms with Crippen LogP contribution in [0.25, 0.3) is 5.69 Å². The smallest absolute Gasteiger partial charge is 0.268 e. The highest BCUT2D eigenvalue weighted by molar-refractivity contribution is 7.89. The predicted molar refractivity (Wildman–Crippen MR) is 99.4 cm³/mol.